The summed E-state index contributed by atoms with van der Waals surface area (Å²) in [6.45, 7) is 4.68. The molecular weight excluding hydrogens is 673 g/mol. The molecule has 0 aromatic heterocycles. The van der Waals surface area contributed by atoms with E-state index >= 15 is 0 Å². The second-order valence-corrected chi connectivity index (χ2v) is 15.3. The molecule has 0 aromatic rings. The number of carbonyl (C=O) groups excluding carboxylic acids is 1. The number of rotatable bonds is 40. The molecular formula is C43H80NO7P. The zero-order valence-electron chi connectivity index (χ0n) is 33.5. The Morgan fingerprint density at radius 2 is 1.02 bits per heavy atom. The minimum atomic E-state index is -4.26. The number of hydrogen-bond donors (Lipinski definition) is 2. The first-order valence-electron chi connectivity index (χ1n) is 21.1. The van der Waals surface area contributed by atoms with Crippen LogP contribution in [0.15, 0.2) is 48.6 Å². The number of hydrogen-bond acceptors (Lipinski definition) is 7. The molecule has 304 valence electrons. The van der Waals surface area contributed by atoms with Gasteiger partial charge in [0.05, 0.1) is 13.2 Å². The SMILES string of the molecule is CCCCC/C=C\C/C=C\C/C=C\C/C=C\CCCCOC(COC(=O)CCCCCCCCCCCCCCCCC)COP(=O)(O)OCCN. The van der Waals surface area contributed by atoms with Crippen LogP contribution < -0.4 is 5.73 Å². The van der Waals surface area contributed by atoms with Crippen LogP contribution in [0.1, 0.15) is 181 Å². The lowest BCUT2D eigenvalue weighted by molar-refractivity contribution is -0.149. The molecule has 2 unspecified atom stereocenters. The maximum absolute atomic E-state index is 12.4. The van der Waals surface area contributed by atoms with Crippen LogP contribution in [-0.4, -0.2) is 49.9 Å². The van der Waals surface area contributed by atoms with Crippen molar-refractivity contribution in [1.82, 2.24) is 0 Å². The third-order valence-electron chi connectivity index (χ3n) is 8.79. The number of phosphoric ester groups is 1. The lowest BCUT2D eigenvalue weighted by Crippen LogP contribution is -2.27. The molecule has 0 aromatic carbocycles. The van der Waals surface area contributed by atoms with E-state index in [1.165, 1.54) is 103 Å². The Balaban J connectivity index is 4.13. The van der Waals surface area contributed by atoms with E-state index in [1.807, 2.05) is 0 Å². The molecule has 0 aliphatic rings. The van der Waals surface area contributed by atoms with Gasteiger partial charge in [0.2, 0.25) is 0 Å². The summed E-state index contributed by atoms with van der Waals surface area (Å²) in [7, 11) is -4.26. The first-order valence-corrected chi connectivity index (χ1v) is 22.6. The fourth-order valence-corrected chi connectivity index (χ4v) is 6.37. The summed E-state index contributed by atoms with van der Waals surface area (Å²) in [4.78, 5) is 22.3. The van der Waals surface area contributed by atoms with Gasteiger partial charge in [-0.25, -0.2) is 4.57 Å². The summed E-state index contributed by atoms with van der Waals surface area (Å²) >= 11 is 0. The van der Waals surface area contributed by atoms with E-state index in [9.17, 15) is 14.3 Å². The first-order chi connectivity index (χ1) is 25.4. The highest BCUT2D eigenvalue weighted by atomic mass is 31.2. The molecule has 8 nitrogen and oxygen atoms in total. The van der Waals surface area contributed by atoms with Gasteiger partial charge < -0.3 is 20.1 Å². The third kappa shape index (κ3) is 39.7. The zero-order valence-corrected chi connectivity index (χ0v) is 34.4. The molecule has 0 aliphatic heterocycles. The van der Waals surface area contributed by atoms with Crippen molar-refractivity contribution < 1.29 is 32.8 Å². The van der Waals surface area contributed by atoms with Crippen LogP contribution in [0.25, 0.3) is 0 Å². The van der Waals surface area contributed by atoms with Crippen molar-refractivity contribution in [3.63, 3.8) is 0 Å². The molecule has 0 bridgehead atoms. The van der Waals surface area contributed by atoms with Gasteiger partial charge in [0.15, 0.2) is 0 Å². The molecule has 0 saturated carbocycles. The van der Waals surface area contributed by atoms with Gasteiger partial charge >= 0.3 is 13.8 Å². The zero-order chi connectivity index (χ0) is 38.1. The number of ether oxygens (including phenoxy) is 2. The van der Waals surface area contributed by atoms with Gasteiger partial charge in [-0.05, 0) is 57.8 Å². The first kappa shape index (κ1) is 50.5. The Bertz CT molecular complexity index is 936. The van der Waals surface area contributed by atoms with Crippen LogP contribution in [0.4, 0.5) is 0 Å². The van der Waals surface area contributed by atoms with Crippen LogP contribution in [0.5, 0.6) is 0 Å². The molecule has 0 saturated heterocycles. The topological polar surface area (TPSA) is 117 Å². The van der Waals surface area contributed by atoms with Crippen LogP contribution in [0.3, 0.4) is 0 Å². The Labute approximate surface area is 320 Å². The van der Waals surface area contributed by atoms with Gasteiger partial charge in [-0.15, -0.1) is 0 Å². The lowest BCUT2D eigenvalue weighted by atomic mass is 10.0. The fourth-order valence-electron chi connectivity index (χ4n) is 5.60. The van der Waals surface area contributed by atoms with Crippen LogP contribution >= 0.6 is 7.82 Å². The van der Waals surface area contributed by atoms with Crippen molar-refractivity contribution in [3.8, 4) is 0 Å². The predicted molar refractivity (Wildman–Crippen MR) is 219 cm³/mol. The Morgan fingerprint density at radius 3 is 1.52 bits per heavy atom. The minimum absolute atomic E-state index is 0.0361. The standard InChI is InChI=1S/C43H80NO7P/c1-3-5-7-9-11-13-15-17-19-20-21-23-25-27-29-31-33-35-38-48-42(41-51-52(46,47)50-39-37-44)40-49-43(45)36-34-32-30-28-26-24-22-18-16-14-12-10-8-6-4-2/h11,13,17,19,21,23,27,29,42H,3-10,12,14-16,18,20,22,24-26,28,30-41,44H2,1-2H3,(H,46,47)/b13-11-,19-17-,23-21-,29-27-. The van der Waals surface area contributed by atoms with Crippen molar-refractivity contribution in [2.75, 3.05) is 33.0 Å². The summed E-state index contributed by atoms with van der Waals surface area (Å²) in [5.41, 5.74) is 5.36. The molecule has 0 rings (SSSR count). The third-order valence-corrected chi connectivity index (χ3v) is 9.77. The van der Waals surface area contributed by atoms with Gasteiger partial charge in [-0.3, -0.25) is 13.8 Å². The minimum Gasteiger partial charge on any atom is -0.463 e. The van der Waals surface area contributed by atoms with E-state index in [0.29, 0.717) is 13.0 Å². The molecule has 2 atom stereocenters. The lowest BCUT2D eigenvalue weighted by Gasteiger charge is -2.19. The van der Waals surface area contributed by atoms with Gasteiger partial charge in [0.25, 0.3) is 0 Å². The van der Waals surface area contributed by atoms with E-state index in [2.05, 4.69) is 62.5 Å². The Kier molecular flexibility index (Phi) is 39.4. The molecule has 9 heteroatoms. The summed E-state index contributed by atoms with van der Waals surface area (Å²) in [5, 5.41) is 0. The molecule has 0 amide bonds. The molecule has 0 spiro atoms. The van der Waals surface area contributed by atoms with Crippen molar-refractivity contribution in [3.05, 3.63) is 48.6 Å². The number of unbranched alkanes of at least 4 members (excludes halogenated alkanes) is 19. The second kappa shape index (κ2) is 40.6. The van der Waals surface area contributed by atoms with Crippen molar-refractivity contribution in [1.29, 1.82) is 0 Å². The quantitative estimate of drug-likeness (QED) is 0.0275. The van der Waals surface area contributed by atoms with Gasteiger partial charge in [0, 0.05) is 19.6 Å². The summed E-state index contributed by atoms with van der Waals surface area (Å²) in [6, 6.07) is 0. The number of allylic oxidation sites excluding steroid dienone is 8. The van der Waals surface area contributed by atoms with Gasteiger partial charge in [0.1, 0.15) is 12.7 Å². The molecule has 0 radical (unpaired) electrons. The Morgan fingerprint density at radius 1 is 0.577 bits per heavy atom. The van der Waals surface area contributed by atoms with Crippen molar-refractivity contribution in [2.45, 2.75) is 187 Å². The normalized spacial score (nSPS) is 14.0. The largest absolute Gasteiger partial charge is 0.472 e. The highest BCUT2D eigenvalue weighted by molar-refractivity contribution is 7.47. The van der Waals surface area contributed by atoms with Crippen molar-refractivity contribution in [2.24, 2.45) is 5.73 Å². The van der Waals surface area contributed by atoms with Crippen LogP contribution in [0, 0.1) is 0 Å². The van der Waals surface area contributed by atoms with Crippen molar-refractivity contribution >= 4 is 13.8 Å². The predicted octanol–water partition coefficient (Wildman–Crippen LogP) is 12.4. The maximum atomic E-state index is 12.4. The average molecular weight is 754 g/mol. The molecule has 0 fully saturated rings. The van der Waals surface area contributed by atoms with Gasteiger partial charge in [-0.1, -0.05) is 165 Å². The van der Waals surface area contributed by atoms with Crippen LogP contribution in [0.2, 0.25) is 0 Å². The number of nitrogens with two attached hydrogens (primary N) is 1. The second-order valence-electron chi connectivity index (χ2n) is 13.8. The van der Waals surface area contributed by atoms with Gasteiger partial charge in [-0.2, -0.15) is 0 Å². The monoisotopic (exact) mass is 754 g/mol. The smallest absolute Gasteiger partial charge is 0.463 e. The molecule has 3 N–H and O–H groups in total. The number of phosphoric acid groups is 1. The van der Waals surface area contributed by atoms with E-state index in [4.69, 9.17) is 24.3 Å². The molecule has 0 heterocycles. The summed E-state index contributed by atoms with van der Waals surface area (Å²) in [6.07, 6.45) is 47.1. The number of carbonyl (C=O) groups is 1. The Hall–Kier alpha value is -1.54. The van der Waals surface area contributed by atoms with Crippen LogP contribution in [-0.2, 0) is 27.9 Å². The molecule has 0 aliphatic carbocycles. The van der Waals surface area contributed by atoms with E-state index in [-0.39, 0.29) is 32.3 Å². The maximum Gasteiger partial charge on any atom is 0.472 e. The van der Waals surface area contributed by atoms with E-state index < -0.39 is 13.9 Å². The molecule has 52 heavy (non-hydrogen) atoms. The highest BCUT2D eigenvalue weighted by Crippen LogP contribution is 2.43. The van der Waals surface area contributed by atoms with E-state index in [0.717, 1.165) is 57.8 Å². The summed E-state index contributed by atoms with van der Waals surface area (Å²) < 4.78 is 33.4. The number of esters is 1. The highest BCUT2D eigenvalue weighted by Gasteiger charge is 2.24. The fraction of sp³-hybridized carbons (Fsp3) is 0.791. The average Bonchev–Trinajstić information content (AvgIpc) is 3.14. The summed E-state index contributed by atoms with van der Waals surface area (Å²) in [5.74, 6) is -0.282. The van der Waals surface area contributed by atoms with E-state index in [1.54, 1.807) is 0 Å².